The number of hydrogen-bond acceptors (Lipinski definition) is 4. The number of benzene rings is 2. The molecule has 0 bridgehead atoms. The third-order valence-electron chi connectivity index (χ3n) is 4.74. The lowest BCUT2D eigenvalue weighted by Gasteiger charge is -2.26. The maximum Gasteiger partial charge on any atom is 0.255 e. The fourth-order valence-corrected chi connectivity index (χ4v) is 3.27. The summed E-state index contributed by atoms with van der Waals surface area (Å²) in [4.78, 5) is 17.4. The standard InChI is InChI=1S/C22H21N5O/c1-15-8-6-7-11-18(15)26-21(28)20-16(2)25-22-23-14-24-27(22)19(20)13-12-17-9-4-3-5-10-17/h3-14,19H,1-2H3,(H,26,28)(H,23,24,25)/b13-12+/t19-/m0/s1. The van der Waals surface area contributed by atoms with Gasteiger partial charge in [0.2, 0.25) is 5.95 Å². The number of para-hydroxylation sites is 1. The zero-order valence-electron chi connectivity index (χ0n) is 15.8. The van der Waals surface area contributed by atoms with Gasteiger partial charge in [0.1, 0.15) is 12.4 Å². The first-order valence-corrected chi connectivity index (χ1v) is 9.11. The summed E-state index contributed by atoms with van der Waals surface area (Å²) in [6, 6.07) is 17.3. The summed E-state index contributed by atoms with van der Waals surface area (Å²) in [5, 5.41) is 10.5. The van der Waals surface area contributed by atoms with Crippen LogP contribution in [0.3, 0.4) is 0 Å². The highest BCUT2D eigenvalue weighted by molar-refractivity contribution is 6.06. The van der Waals surface area contributed by atoms with E-state index in [1.165, 1.54) is 6.33 Å². The summed E-state index contributed by atoms with van der Waals surface area (Å²) in [5.41, 5.74) is 4.22. The number of amides is 1. The number of hydrogen-bond donors (Lipinski definition) is 2. The van der Waals surface area contributed by atoms with Gasteiger partial charge in [-0.15, -0.1) is 0 Å². The minimum absolute atomic E-state index is 0.164. The van der Waals surface area contributed by atoms with Crippen LogP contribution < -0.4 is 10.6 Å². The van der Waals surface area contributed by atoms with Crippen LogP contribution in [-0.4, -0.2) is 20.7 Å². The Kier molecular flexibility index (Phi) is 4.76. The Bertz CT molecular complexity index is 1070. The van der Waals surface area contributed by atoms with Crippen molar-refractivity contribution in [1.82, 2.24) is 14.8 Å². The average Bonchev–Trinajstić information content (AvgIpc) is 3.16. The highest BCUT2D eigenvalue weighted by Crippen LogP contribution is 2.31. The Morgan fingerprint density at radius 1 is 1.11 bits per heavy atom. The largest absolute Gasteiger partial charge is 0.328 e. The van der Waals surface area contributed by atoms with Crippen LogP contribution in [0.5, 0.6) is 0 Å². The number of carbonyl (C=O) groups is 1. The van der Waals surface area contributed by atoms with E-state index in [0.29, 0.717) is 11.5 Å². The minimum atomic E-state index is -0.358. The van der Waals surface area contributed by atoms with Crippen LogP contribution in [0.2, 0.25) is 0 Å². The quantitative estimate of drug-likeness (QED) is 0.722. The molecule has 28 heavy (non-hydrogen) atoms. The van der Waals surface area contributed by atoms with Crippen LogP contribution in [-0.2, 0) is 4.79 Å². The number of fused-ring (bicyclic) bond motifs is 1. The number of anilines is 2. The Balaban J connectivity index is 1.69. The van der Waals surface area contributed by atoms with Gasteiger partial charge in [0, 0.05) is 11.4 Å². The fraction of sp³-hybridized carbons (Fsp3) is 0.136. The number of allylic oxidation sites excluding steroid dienone is 2. The van der Waals surface area contributed by atoms with Gasteiger partial charge in [0.15, 0.2) is 0 Å². The molecule has 1 amide bonds. The molecule has 0 saturated carbocycles. The van der Waals surface area contributed by atoms with Crippen LogP contribution in [0.15, 0.2) is 78.3 Å². The van der Waals surface area contributed by atoms with Crippen LogP contribution in [0.25, 0.3) is 6.08 Å². The maximum absolute atomic E-state index is 13.2. The summed E-state index contributed by atoms with van der Waals surface area (Å²) in [5.74, 6) is 0.454. The minimum Gasteiger partial charge on any atom is -0.328 e. The number of nitrogens with zero attached hydrogens (tertiary/aromatic N) is 3. The van der Waals surface area contributed by atoms with Gasteiger partial charge in [-0.1, -0.05) is 60.7 Å². The number of rotatable bonds is 4. The molecule has 0 fully saturated rings. The molecule has 1 aliphatic rings. The van der Waals surface area contributed by atoms with Gasteiger partial charge in [-0.05, 0) is 31.0 Å². The smallest absolute Gasteiger partial charge is 0.255 e. The zero-order valence-corrected chi connectivity index (χ0v) is 15.8. The molecule has 6 heteroatoms. The first-order valence-electron chi connectivity index (χ1n) is 9.11. The van der Waals surface area contributed by atoms with E-state index in [1.54, 1.807) is 4.68 Å². The van der Waals surface area contributed by atoms with Crippen molar-refractivity contribution in [3.05, 3.63) is 89.4 Å². The van der Waals surface area contributed by atoms with Crippen molar-refractivity contribution in [2.75, 3.05) is 10.6 Å². The molecular formula is C22H21N5O. The van der Waals surface area contributed by atoms with Crippen molar-refractivity contribution in [2.24, 2.45) is 0 Å². The maximum atomic E-state index is 13.2. The van der Waals surface area contributed by atoms with Crippen molar-refractivity contribution in [2.45, 2.75) is 19.9 Å². The highest BCUT2D eigenvalue weighted by atomic mass is 16.1. The predicted molar refractivity (Wildman–Crippen MR) is 111 cm³/mol. The molecule has 0 saturated heterocycles. The lowest BCUT2D eigenvalue weighted by molar-refractivity contribution is -0.113. The van der Waals surface area contributed by atoms with Crippen LogP contribution in [0, 0.1) is 6.92 Å². The Morgan fingerprint density at radius 3 is 2.64 bits per heavy atom. The lowest BCUT2D eigenvalue weighted by Crippen LogP contribution is -2.30. The molecule has 3 aromatic rings. The van der Waals surface area contributed by atoms with Gasteiger partial charge >= 0.3 is 0 Å². The molecule has 6 nitrogen and oxygen atoms in total. The van der Waals surface area contributed by atoms with Crippen LogP contribution in [0.1, 0.15) is 24.1 Å². The second kappa shape index (κ2) is 7.52. The van der Waals surface area contributed by atoms with Crippen molar-refractivity contribution in [3.8, 4) is 0 Å². The van der Waals surface area contributed by atoms with E-state index in [1.807, 2.05) is 80.6 Å². The van der Waals surface area contributed by atoms with Gasteiger partial charge in [-0.2, -0.15) is 10.1 Å². The van der Waals surface area contributed by atoms with E-state index in [0.717, 1.165) is 22.5 Å². The van der Waals surface area contributed by atoms with E-state index in [-0.39, 0.29) is 11.9 Å². The molecule has 2 N–H and O–H groups in total. The van der Waals surface area contributed by atoms with Gasteiger partial charge < -0.3 is 10.6 Å². The fourth-order valence-electron chi connectivity index (χ4n) is 3.27. The molecule has 1 aliphatic heterocycles. The number of carbonyl (C=O) groups excluding carboxylic acids is 1. The summed E-state index contributed by atoms with van der Waals surface area (Å²) in [6.07, 6.45) is 5.46. The number of nitrogens with one attached hydrogen (secondary N) is 2. The van der Waals surface area contributed by atoms with Gasteiger partial charge in [0.05, 0.1) is 5.57 Å². The topological polar surface area (TPSA) is 71.8 Å². The molecule has 2 aromatic carbocycles. The van der Waals surface area contributed by atoms with E-state index in [2.05, 4.69) is 20.7 Å². The molecule has 0 radical (unpaired) electrons. The van der Waals surface area contributed by atoms with E-state index in [4.69, 9.17) is 0 Å². The lowest BCUT2D eigenvalue weighted by atomic mass is 10.0. The summed E-state index contributed by atoms with van der Waals surface area (Å²) < 4.78 is 1.72. The highest BCUT2D eigenvalue weighted by Gasteiger charge is 2.30. The molecule has 0 unspecified atom stereocenters. The van der Waals surface area contributed by atoms with Gasteiger partial charge in [-0.3, -0.25) is 4.79 Å². The Morgan fingerprint density at radius 2 is 1.86 bits per heavy atom. The molecule has 4 rings (SSSR count). The Labute approximate surface area is 163 Å². The molecule has 1 aromatic heterocycles. The second-order valence-electron chi connectivity index (χ2n) is 6.68. The van der Waals surface area contributed by atoms with E-state index >= 15 is 0 Å². The van der Waals surface area contributed by atoms with Crippen molar-refractivity contribution < 1.29 is 4.79 Å². The van der Waals surface area contributed by atoms with Crippen molar-refractivity contribution in [3.63, 3.8) is 0 Å². The monoisotopic (exact) mass is 371 g/mol. The average molecular weight is 371 g/mol. The predicted octanol–water partition coefficient (Wildman–Crippen LogP) is 4.18. The summed E-state index contributed by atoms with van der Waals surface area (Å²) in [7, 11) is 0. The van der Waals surface area contributed by atoms with Crippen molar-refractivity contribution in [1.29, 1.82) is 0 Å². The molecule has 2 heterocycles. The third-order valence-corrected chi connectivity index (χ3v) is 4.74. The first-order chi connectivity index (χ1) is 13.6. The SMILES string of the molecule is CC1=C(C(=O)Nc2ccccc2C)[C@H](/C=C/c2ccccc2)n2ncnc2N1. The van der Waals surface area contributed by atoms with Crippen LogP contribution in [0.4, 0.5) is 11.6 Å². The van der Waals surface area contributed by atoms with Gasteiger partial charge in [0.25, 0.3) is 5.91 Å². The number of aryl methyl sites for hydroxylation is 1. The summed E-state index contributed by atoms with van der Waals surface area (Å²) >= 11 is 0. The molecule has 1 atom stereocenters. The van der Waals surface area contributed by atoms with Gasteiger partial charge in [-0.25, -0.2) is 4.68 Å². The zero-order chi connectivity index (χ0) is 19.5. The van der Waals surface area contributed by atoms with Crippen LogP contribution >= 0.6 is 0 Å². The molecule has 140 valence electrons. The molecule has 0 aliphatic carbocycles. The van der Waals surface area contributed by atoms with Crippen molar-refractivity contribution >= 4 is 23.6 Å². The normalized spacial score (nSPS) is 16.0. The van der Waals surface area contributed by atoms with E-state index in [9.17, 15) is 4.79 Å². The Hall–Kier alpha value is -3.67. The summed E-state index contributed by atoms with van der Waals surface area (Å²) in [6.45, 7) is 3.85. The third kappa shape index (κ3) is 3.44. The number of aromatic nitrogens is 3. The first kappa shape index (κ1) is 17.7. The second-order valence-corrected chi connectivity index (χ2v) is 6.68. The molecular weight excluding hydrogens is 350 g/mol. The molecule has 0 spiro atoms. The van der Waals surface area contributed by atoms with E-state index < -0.39 is 0 Å².